The van der Waals surface area contributed by atoms with Crippen LogP contribution in [0.5, 0.6) is 0 Å². The normalized spacial score (nSPS) is 14.4. The van der Waals surface area contributed by atoms with Crippen molar-refractivity contribution >= 4 is 32.9 Å². The van der Waals surface area contributed by atoms with Crippen LogP contribution in [0.4, 0.5) is 13.6 Å². The van der Waals surface area contributed by atoms with Crippen LogP contribution in [0.15, 0.2) is 57.9 Å². The van der Waals surface area contributed by atoms with Crippen LogP contribution in [0.2, 0.25) is 0 Å². The molecular formula is C31H31BrF2N4O3. The SMILES string of the molecule is CC(C)(C)OC(=O)N1CCC(Cc2cc(Br)cc3c(=O)[nH]c(Cc4ccc(-c5cc(F)cc(F)c5)nc4)nc23)CC1. The Kier molecular flexibility index (Phi) is 8.22. The molecule has 0 bridgehead atoms. The molecule has 0 saturated carbocycles. The Labute approximate surface area is 245 Å². The predicted molar refractivity (Wildman–Crippen MR) is 157 cm³/mol. The molecule has 214 valence electrons. The van der Waals surface area contributed by atoms with E-state index in [1.165, 1.54) is 12.1 Å². The maximum Gasteiger partial charge on any atom is 0.410 e. The smallest absolute Gasteiger partial charge is 0.410 e. The van der Waals surface area contributed by atoms with Gasteiger partial charge < -0.3 is 14.6 Å². The number of piperidine rings is 1. The third kappa shape index (κ3) is 7.16. The molecule has 7 nitrogen and oxygen atoms in total. The standard InChI is InChI=1S/C31H31BrF2N4O3/c1-31(2,3)41-30(40)38-8-6-18(7-9-38)10-21-12-22(32)15-25-28(21)36-27(37-29(25)39)11-19-4-5-26(35-17-19)20-13-23(33)16-24(34)14-20/h4-5,12-18H,6-11H2,1-3H3,(H,36,37,39). The molecule has 0 aliphatic carbocycles. The first kappa shape index (κ1) is 28.9. The first-order chi connectivity index (χ1) is 19.4. The molecule has 5 rings (SSSR count). The summed E-state index contributed by atoms with van der Waals surface area (Å²) in [6, 6.07) is 10.6. The van der Waals surface area contributed by atoms with E-state index in [2.05, 4.69) is 25.9 Å². The van der Waals surface area contributed by atoms with Crippen LogP contribution in [0.25, 0.3) is 22.2 Å². The van der Waals surface area contributed by atoms with Crippen molar-refractivity contribution in [2.24, 2.45) is 5.92 Å². The zero-order valence-corrected chi connectivity index (χ0v) is 24.7. The summed E-state index contributed by atoms with van der Waals surface area (Å²) in [4.78, 5) is 39.4. The van der Waals surface area contributed by atoms with Gasteiger partial charge in [0, 0.05) is 41.8 Å². The summed E-state index contributed by atoms with van der Waals surface area (Å²) in [7, 11) is 0. The summed E-state index contributed by atoms with van der Waals surface area (Å²) in [5.74, 6) is -0.503. The second kappa shape index (κ2) is 11.7. The number of benzene rings is 2. The average Bonchev–Trinajstić information content (AvgIpc) is 2.89. The summed E-state index contributed by atoms with van der Waals surface area (Å²) >= 11 is 3.54. The highest BCUT2D eigenvalue weighted by Crippen LogP contribution is 2.28. The lowest BCUT2D eigenvalue weighted by Gasteiger charge is -2.33. The van der Waals surface area contributed by atoms with E-state index in [0.717, 1.165) is 40.9 Å². The summed E-state index contributed by atoms with van der Waals surface area (Å²) in [6.45, 7) is 6.82. The van der Waals surface area contributed by atoms with E-state index in [1.807, 2.05) is 26.8 Å². The number of pyridine rings is 1. The van der Waals surface area contributed by atoms with Gasteiger partial charge in [0.25, 0.3) is 5.56 Å². The van der Waals surface area contributed by atoms with Crippen molar-refractivity contribution in [2.45, 2.75) is 52.1 Å². The van der Waals surface area contributed by atoms with Gasteiger partial charge in [-0.1, -0.05) is 22.0 Å². The minimum Gasteiger partial charge on any atom is -0.444 e. The van der Waals surface area contributed by atoms with Crippen LogP contribution in [0.3, 0.4) is 0 Å². The van der Waals surface area contributed by atoms with E-state index in [-0.39, 0.29) is 11.7 Å². The van der Waals surface area contributed by atoms with Gasteiger partial charge in [0.15, 0.2) is 0 Å². The average molecular weight is 626 g/mol. The summed E-state index contributed by atoms with van der Waals surface area (Å²) < 4.78 is 33.6. The van der Waals surface area contributed by atoms with Crippen molar-refractivity contribution in [1.82, 2.24) is 19.9 Å². The summed E-state index contributed by atoms with van der Waals surface area (Å²) in [5.41, 5.74) is 2.45. The molecular weight excluding hydrogens is 594 g/mol. The number of H-pyrrole nitrogens is 1. The number of carbonyl (C=O) groups excluding carboxylic acids is 1. The van der Waals surface area contributed by atoms with Crippen molar-refractivity contribution < 1.29 is 18.3 Å². The first-order valence-electron chi connectivity index (χ1n) is 13.5. The van der Waals surface area contributed by atoms with Gasteiger partial charge in [0.2, 0.25) is 0 Å². The molecule has 2 aromatic carbocycles. The topological polar surface area (TPSA) is 88.2 Å². The van der Waals surface area contributed by atoms with E-state index < -0.39 is 17.2 Å². The number of carbonyl (C=O) groups is 1. The minimum atomic E-state index is -0.667. The Balaban J connectivity index is 1.33. The van der Waals surface area contributed by atoms with E-state index in [1.54, 1.807) is 29.3 Å². The molecule has 2 aromatic heterocycles. The van der Waals surface area contributed by atoms with Crippen LogP contribution >= 0.6 is 15.9 Å². The van der Waals surface area contributed by atoms with Crippen molar-refractivity contribution in [3.8, 4) is 11.3 Å². The fraction of sp³-hybridized carbons (Fsp3) is 0.355. The number of nitrogens with one attached hydrogen (secondary N) is 1. The molecule has 1 aliphatic heterocycles. The molecule has 41 heavy (non-hydrogen) atoms. The second-order valence-corrected chi connectivity index (χ2v) is 12.4. The number of hydrogen-bond acceptors (Lipinski definition) is 5. The second-order valence-electron chi connectivity index (χ2n) is 11.5. The fourth-order valence-corrected chi connectivity index (χ4v) is 5.62. The zero-order valence-electron chi connectivity index (χ0n) is 23.1. The highest BCUT2D eigenvalue weighted by Gasteiger charge is 2.27. The summed E-state index contributed by atoms with van der Waals surface area (Å²) in [6.07, 6.45) is 4.05. The quantitative estimate of drug-likeness (QED) is 0.264. The van der Waals surface area contributed by atoms with E-state index in [0.29, 0.717) is 53.4 Å². The van der Waals surface area contributed by atoms with Crippen LogP contribution in [-0.2, 0) is 17.6 Å². The first-order valence-corrected chi connectivity index (χ1v) is 14.3. The Morgan fingerprint density at radius 3 is 2.44 bits per heavy atom. The number of nitrogens with zero attached hydrogens (tertiary/aromatic N) is 3. The highest BCUT2D eigenvalue weighted by atomic mass is 79.9. The van der Waals surface area contributed by atoms with Gasteiger partial charge >= 0.3 is 6.09 Å². The van der Waals surface area contributed by atoms with Crippen molar-refractivity contribution in [3.05, 3.63) is 92.1 Å². The van der Waals surface area contributed by atoms with Crippen molar-refractivity contribution in [1.29, 1.82) is 0 Å². The molecule has 1 N–H and O–H groups in total. The van der Waals surface area contributed by atoms with E-state index in [4.69, 9.17) is 9.72 Å². The Morgan fingerprint density at radius 1 is 1.10 bits per heavy atom. The summed E-state index contributed by atoms with van der Waals surface area (Å²) in [5, 5.41) is 0.505. The number of likely N-dealkylation sites (tertiary alicyclic amines) is 1. The van der Waals surface area contributed by atoms with Gasteiger partial charge in [-0.05, 0) is 87.4 Å². The molecule has 0 spiro atoms. The molecule has 3 heterocycles. The van der Waals surface area contributed by atoms with Crippen molar-refractivity contribution in [2.75, 3.05) is 13.1 Å². The number of amides is 1. The minimum absolute atomic E-state index is 0.230. The predicted octanol–water partition coefficient (Wildman–Crippen LogP) is 6.81. The number of fused-ring (bicyclic) bond motifs is 1. The van der Waals surface area contributed by atoms with Crippen molar-refractivity contribution in [3.63, 3.8) is 0 Å². The molecule has 0 unspecified atom stereocenters. The molecule has 0 radical (unpaired) electrons. The van der Waals surface area contributed by atoms with Crippen LogP contribution in [0.1, 0.15) is 50.6 Å². The molecule has 1 aliphatic rings. The Hall–Kier alpha value is -3.66. The van der Waals surface area contributed by atoms with Crippen LogP contribution < -0.4 is 5.56 Å². The molecule has 0 atom stereocenters. The van der Waals surface area contributed by atoms with Crippen LogP contribution in [0, 0.1) is 17.6 Å². The lowest BCUT2D eigenvalue weighted by atomic mass is 9.89. The van der Waals surface area contributed by atoms with Gasteiger partial charge in [-0.3, -0.25) is 9.78 Å². The number of halogens is 3. The third-order valence-electron chi connectivity index (χ3n) is 7.03. The lowest BCUT2D eigenvalue weighted by Crippen LogP contribution is -2.42. The maximum atomic E-state index is 13.6. The zero-order chi connectivity index (χ0) is 29.3. The number of aromatic nitrogens is 3. The number of rotatable bonds is 5. The number of aromatic amines is 1. The van der Waals surface area contributed by atoms with Gasteiger partial charge in [-0.15, -0.1) is 0 Å². The highest BCUT2D eigenvalue weighted by molar-refractivity contribution is 9.10. The van der Waals surface area contributed by atoms with Gasteiger partial charge in [0.1, 0.15) is 23.1 Å². The lowest BCUT2D eigenvalue weighted by molar-refractivity contribution is 0.0184. The monoisotopic (exact) mass is 624 g/mol. The fourth-order valence-electron chi connectivity index (χ4n) is 5.11. The molecule has 4 aromatic rings. The van der Waals surface area contributed by atoms with Gasteiger partial charge in [-0.2, -0.15) is 0 Å². The number of hydrogen-bond donors (Lipinski definition) is 1. The maximum absolute atomic E-state index is 13.6. The Morgan fingerprint density at radius 2 is 1.80 bits per heavy atom. The number of ether oxygens (including phenoxy) is 1. The van der Waals surface area contributed by atoms with Gasteiger partial charge in [0.05, 0.1) is 16.6 Å². The molecule has 1 saturated heterocycles. The largest absolute Gasteiger partial charge is 0.444 e. The van der Waals surface area contributed by atoms with Gasteiger partial charge in [-0.25, -0.2) is 18.6 Å². The third-order valence-corrected chi connectivity index (χ3v) is 7.49. The Bertz CT molecular complexity index is 1620. The van der Waals surface area contributed by atoms with Crippen LogP contribution in [-0.4, -0.2) is 44.6 Å². The molecule has 1 amide bonds. The molecule has 1 fully saturated rings. The van der Waals surface area contributed by atoms with E-state index >= 15 is 0 Å². The van der Waals surface area contributed by atoms with E-state index in [9.17, 15) is 18.4 Å². The molecule has 10 heteroatoms.